The zero-order valence-corrected chi connectivity index (χ0v) is 23.9. The van der Waals surface area contributed by atoms with E-state index in [0.717, 1.165) is 18.4 Å². The van der Waals surface area contributed by atoms with Crippen molar-refractivity contribution < 1.29 is 29.0 Å². The molecule has 3 aliphatic heterocycles. The number of fused-ring (bicyclic) bond motifs is 1. The molecular formula is C32H44N2O6. The summed E-state index contributed by atoms with van der Waals surface area (Å²) in [5.41, 5.74) is -1.06. The number of hydrogen-bond acceptors (Lipinski definition) is 6. The second-order valence-corrected chi connectivity index (χ2v) is 11.6. The van der Waals surface area contributed by atoms with E-state index in [1.54, 1.807) is 15.9 Å². The van der Waals surface area contributed by atoms with Crippen molar-refractivity contribution in [2.45, 2.75) is 76.2 Å². The number of aliphatic hydroxyl groups is 1. The third-order valence-corrected chi connectivity index (χ3v) is 9.03. The Labute approximate surface area is 238 Å². The van der Waals surface area contributed by atoms with Crippen molar-refractivity contribution in [3.8, 4) is 0 Å². The predicted molar refractivity (Wildman–Crippen MR) is 152 cm³/mol. The second kappa shape index (κ2) is 12.7. The SMILES string of the molecule is C=CCCCCOC(=O)[C@@H]1[C@H]2C(=O)N(CCCCO)C(C(=O)N(CC=C)Cc3ccccc3)C23CC(C)[C@@]1(C)O3. The minimum atomic E-state index is -1.12. The molecule has 6 atom stereocenters. The molecule has 3 aliphatic rings. The van der Waals surface area contributed by atoms with Gasteiger partial charge in [-0.15, -0.1) is 13.2 Å². The van der Waals surface area contributed by atoms with Gasteiger partial charge in [-0.25, -0.2) is 0 Å². The van der Waals surface area contributed by atoms with Gasteiger partial charge in [0.25, 0.3) is 0 Å². The highest BCUT2D eigenvalue weighted by Gasteiger charge is 2.80. The van der Waals surface area contributed by atoms with Crippen molar-refractivity contribution in [3.05, 3.63) is 61.2 Å². The Morgan fingerprint density at radius 2 is 1.93 bits per heavy atom. The molecule has 3 unspecified atom stereocenters. The van der Waals surface area contributed by atoms with Crippen LogP contribution in [0.4, 0.5) is 0 Å². The first kappa shape index (κ1) is 30.0. The van der Waals surface area contributed by atoms with Crippen LogP contribution in [0, 0.1) is 17.8 Å². The van der Waals surface area contributed by atoms with Crippen LogP contribution >= 0.6 is 0 Å². The standard InChI is InChI=1S/C32H44N2O6/c1-5-7-8-14-20-39-30(38)26-25-28(36)34(18-12-13-19-35)27(32(25)21-23(3)31(26,4)40-32)29(37)33(17-6-2)22-24-15-10-9-11-16-24/h5-6,9-11,15-16,23,25-27,35H,1-2,7-8,12-14,17-22H2,3-4H3/t23?,25-,26-,27?,31+,32?/m0/s1. The molecule has 0 saturated carbocycles. The first-order chi connectivity index (χ1) is 19.2. The number of carbonyl (C=O) groups excluding carboxylic acids is 3. The molecule has 3 saturated heterocycles. The van der Waals surface area contributed by atoms with Crippen LogP contribution in [0.3, 0.4) is 0 Å². The van der Waals surface area contributed by atoms with Gasteiger partial charge in [-0.1, -0.05) is 49.4 Å². The molecule has 0 aliphatic carbocycles. The monoisotopic (exact) mass is 552 g/mol. The highest BCUT2D eigenvalue weighted by Crippen LogP contribution is 2.65. The van der Waals surface area contributed by atoms with E-state index in [1.165, 1.54) is 0 Å². The summed E-state index contributed by atoms with van der Waals surface area (Å²) in [5, 5.41) is 9.41. The zero-order chi connectivity index (χ0) is 28.9. The third kappa shape index (κ3) is 5.36. The normalized spacial score (nSPS) is 30.3. The van der Waals surface area contributed by atoms with Gasteiger partial charge in [-0.3, -0.25) is 14.4 Å². The summed E-state index contributed by atoms with van der Waals surface area (Å²) in [7, 11) is 0. The molecule has 8 heteroatoms. The van der Waals surface area contributed by atoms with E-state index in [4.69, 9.17) is 9.47 Å². The van der Waals surface area contributed by atoms with Gasteiger partial charge >= 0.3 is 5.97 Å². The highest BCUT2D eigenvalue weighted by molar-refractivity contribution is 5.98. The highest BCUT2D eigenvalue weighted by atomic mass is 16.6. The van der Waals surface area contributed by atoms with E-state index in [1.807, 2.05) is 50.3 Å². The van der Waals surface area contributed by atoms with E-state index in [9.17, 15) is 19.5 Å². The van der Waals surface area contributed by atoms with Crippen molar-refractivity contribution in [2.24, 2.45) is 17.8 Å². The molecule has 0 aromatic heterocycles. The summed E-state index contributed by atoms with van der Waals surface area (Å²) >= 11 is 0. The molecule has 8 nitrogen and oxygen atoms in total. The van der Waals surface area contributed by atoms with E-state index in [-0.39, 0.29) is 30.9 Å². The smallest absolute Gasteiger partial charge is 0.312 e. The average molecular weight is 553 g/mol. The molecule has 1 spiro atoms. The summed E-state index contributed by atoms with van der Waals surface area (Å²) in [5.74, 6) is -2.51. The topological polar surface area (TPSA) is 96.4 Å². The molecular weight excluding hydrogens is 508 g/mol. The molecule has 3 heterocycles. The summed E-state index contributed by atoms with van der Waals surface area (Å²) in [6, 6.07) is 8.84. The second-order valence-electron chi connectivity index (χ2n) is 11.6. The molecule has 2 amide bonds. The van der Waals surface area contributed by atoms with E-state index >= 15 is 0 Å². The van der Waals surface area contributed by atoms with Crippen molar-refractivity contribution >= 4 is 17.8 Å². The van der Waals surface area contributed by atoms with Gasteiger partial charge in [-0.2, -0.15) is 0 Å². The molecule has 40 heavy (non-hydrogen) atoms. The third-order valence-electron chi connectivity index (χ3n) is 9.03. The number of esters is 1. The number of unbranched alkanes of at least 4 members (excludes halogenated alkanes) is 3. The number of nitrogens with zero attached hydrogens (tertiary/aromatic N) is 2. The van der Waals surface area contributed by atoms with E-state index in [2.05, 4.69) is 13.2 Å². The van der Waals surface area contributed by atoms with Crippen molar-refractivity contribution in [1.82, 2.24) is 9.80 Å². The van der Waals surface area contributed by atoms with Crippen LogP contribution in [0.25, 0.3) is 0 Å². The molecule has 0 radical (unpaired) electrons. The van der Waals surface area contributed by atoms with Gasteiger partial charge in [0.05, 0.1) is 18.1 Å². The summed E-state index contributed by atoms with van der Waals surface area (Å²) in [6.45, 7) is 12.8. The van der Waals surface area contributed by atoms with Crippen LogP contribution in [-0.2, 0) is 30.4 Å². The lowest BCUT2D eigenvalue weighted by Gasteiger charge is -2.37. The predicted octanol–water partition coefficient (Wildman–Crippen LogP) is 3.88. The van der Waals surface area contributed by atoms with Gasteiger partial charge in [0.1, 0.15) is 17.6 Å². The van der Waals surface area contributed by atoms with Crippen LogP contribution in [0.5, 0.6) is 0 Å². The number of rotatable bonds is 15. The van der Waals surface area contributed by atoms with Crippen molar-refractivity contribution in [1.29, 1.82) is 0 Å². The van der Waals surface area contributed by atoms with Crippen LogP contribution in [0.2, 0.25) is 0 Å². The largest absolute Gasteiger partial charge is 0.465 e. The molecule has 1 N–H and O–H groups in total. The first-order valence-corrected chi connectivity index (χ1v) is 14.6. The Morgan fingerprint density at radius 1 is 1.18 bits per heavy atom. The lowest BCUT2D eigenvalue weighted by molar-refractivity contribution is -0.162. The van der Waals surface area contributed by atoms with Gasteiger partial charge in [0, 0.05) is 26.2 Å². The molecule has 218 valence electrons. The maximum absolute atomic E-state index is 14.4. The number of benzene rings is 1. The molecule has 3 fully saturated rings. The molecule has 2 bridgehead atoms. The van der Waals surface area contributed by atoms with Gasteiger partial charge < -0.3 is 24.4 Å². The van der Waals surface area contributed by atoms with Gasteiger partial charge in [-0.05, 0) is 56.9 Å². The van der Waals surface area contributed by atoms with Crippen LogP contribution < -0.4 is 0 Å². The minimum Gasteiger partial charge on any atom is -0.465 e. The van der Waals surface area contributed by atoms with Crippen LogP contribution in [0.1, 0.15) is 57.9 Å². The Bertz CT molecular complexity index is 1090. The number of likely N-dealkylation sites (tertiary alicyclic amines) is 1. The fourth-order valence-corrected chi connectivity index (χ4v) is 7.03. The van der Waals surface area contributed by atoms with Gasteiger partial charge in [0.15, 0.2) is 0 Å². The van der Waals surface area contributed by atoms with Crippen molar-refractivity contribution in [3.63, 3.8) is 0 Å². The average Bonchev–Trinajstić information content (AvgIpc) is 3.45. The lowest BCUT2D eigenvalue weighted by Crippen LogP contribution is -2.56. The Hall–Kier alpha value is -2.97. The first-order valence-electron chi connectivity index (χ1n) is 14.6. The summed E-state index contributed by atoms with van der Waals surface area (Å²) < 4.78 is 12.5. The molecule has 4 rings (SSSR count). The molecule has 1 aromatic carbocycles. The fourth-order valence-electron chi connectivity index (χ4n) is 7.03. The van der Waals surface area contributed by atoms with Crippen LogP contribution in [-0.4, -0.2) is 76.2 Å². The Balaban J connectivity index is 1.68. The minimum absolute atomic E-state index is 0.00176. The number of amides is 2. The summed E-state index contributed by atoms with van der Waals surface area (Å²) in [6.07, 6.45) is 7.51. The lowest BCUT2D eigenvalue weighted by atomic mass is 9.62. The quantitative estimate of drug-likeness (QED) is 0.202. The fraction of sp³-hybridized carbons (Fsp3) is 0.594. The number of ether oxygens (including phenoxy) is 2. The van der Waals surface area contributed by atoms with Crippen molar-refractivity contribution in [2.75, 3.05) is 26.3 Å². The maximum atomic E-state index is 14.4. The number of aliphatic hydroxyl groups excluding tert-OH is 1. The number of carbonyl (C=O) groups is 3. The Kier molecular flexibility index (Phi) is 9.52. The number of allylic oxidation sites excluding steroid dienone is 1. The van der Waals surface area contributed by atoms with Crippen LogP contribution in [0.15, 0.2) is 55.6 Å². The summed E-state index contributed by atoms with van der Waals surface area (Å²) in [4.78, 5) is 45.5. The van der Waals surface area contributed by atoms with E-state index in [0.29, 0.717) is 45.3 Å². The maximum Gasteiger partial charge on any atom is 0.312 e. The zero-order valence-electron chi connectivity index (χ0n) is 23.9. The number of hydrogen-bond donors (Lipinski definition) is 1. The Morgan fingerprint density at radius 3 is 2.60 bits per heavy atom. The molecule has 1 aromatic rings. The van der Waals surface area contributed by atoms with E-state index < -0.39 is 35.0 Å². The van der Waals surface area contributed by atoms with Gasteiger partial charge in [0.2, 0.25) is 11.8 Å².